The molecule has 0 amide bonds. The van der Waals surface area contributed by atoms with Crippen molar-refractivity contribution in [3.63, 3.8) is 0 Å². The first-order valence-electron chi connectivity index (χ1n) is 6.81. The van der Waals surface area contributed by atoms with Crippen LogP contribution in [0.4, 0.5) is 0 Å². The molecule has 0 spiro atoms. The van der Waals surface area contributed by atoms with Crippen molar-refractivity contribution in [2.45, 2.75) is 57.2 Å². The molecule has 1 aliphatic rings. The standard InChI is InChI=1S/C15H23NO/c17-15-11-7-2-1-6-10-14(15)16-12-13-8-4-3-5-9-13/h3-5,8-9,14-17H,1-2,6-7,10-12H2/t14-,15+/m1/s1. The van der Waals surface area contributed by atoms with Gasteiger partial charge in [-0.2, -0.15) is 0 Å². The summed E-state index contributed by atoms with van der Waals surface area (Å²) in [4.78, 5) is 0. The van der Waals surface area contributed by atoms with Crippen molar-refractivity contribution in [2.75, 3.05) is 0 Å². The zero-order chi connectivity index (χ0) is 11.9. The molecule has 2 N–H and O–H groups in total. The summed E-state index contributed by atoms with van der Waals surface area (Å²) in [6.07, 6.45) is 6.90. The van der Waals surface area contributed by atoms with Gasteiger partial charge in [0.2, 0.25) is 0 Å². The van der Waals surface area contributed by atoms with Gasteiger partial charge in [-0.1, -0.05) is 56.0 Å². The van der Waals surface area contributed by atoms with E-state index in [9.17, 15) is 5.11 Å². The first kappa shape index (κ1) is 12.6. The maximum atomic E-state index is 10.1. The average Bonchev–Trinajstić information content (AvgIpc) is 2.35. The summed E-state index contributed by atoms with van der Waals surface area (Å²) in [5.74, 6) is 0. The maximum Gasteiger partial charge on any atom is 0.0693 e. The predicted octanol–water partition coefficient (Wildman–Crippen LogP) is 2.86. The second-order valence-electron chi connectivity index (χ2n) is 5.03. The Morgan fingerprint density at radius 3 is 2.47 bits per heavy atom. The van der Waals surface area contributed by atoms with Crippen molar-refractivity contribution in [3.8, 4) is 0 Å². The van der Waals surface area contributed by atoms with Crippen LogP contribution in [0.3, 0.4) is 0 Å². The monoisotopic (exact) mass is 233 g/mol. The molecule has 0 aliphatic heterocycles. The third-order valence-corrected chi connectivity index (χ3v) is 3.64. The van der Waals surface area contributed by atoms with E-state index in [0.717, 1.165) is 19.4 Å². The zero-order valence-corrected chi connectivity index (χ0v) is 10.4. The highest BCUT2D eigenvalue weighted by molar-refractivity contribution is 5.14. The first-order chi connectivity index (χ1) is 8.36. The van der Waals surface area contributed by atoms with Gasteiger partial charge in [-0.05, 0) is 18.4 Å². The number of nitrogens with one attached hydrogen (secondary N) is 1. The van der Waals surface area contributed by atoms with Crippen LogP contribution >= 0.6 is 0 Å². The minimum Gasteiger partial charge on any atom is -0.392 e. The molecule has 2 nitrogen and oxygen atoms in total. The molecule has 1 saturated carbocycles. The van der Waals surface area contributed by atoms with E-state index in [2.05, 4.69) is 29.6 Å². The normalized spacial score (nSPS) is 26.2. The highest BCUT2D eigenvalue weighted by Crippen LogP contribution is 2.18. The molecule has 0 bridgehead atoms. The number of hydrogen-bond acceptors (Lipinski definition) is 2. The fraction of sp³-hybridized carbons (Fsp3) is 0.600. The van der Waals surface area contributed by atoms with Gasteiger partial charge in [0.15, 0.2) is 0 Å². The largest absolute Gasteiger partial charge is 0.392 e. The molecule has 2 heteroatoms. The van der Waals surface area contributed by atoms with Gasteiger partial charge in [0.25, 0.3) is 0 Å². The van der Waals surface area contributed by atoms with E-state index in [-0.39, 0.29) is 12.1 Å². The van der Waals surface area contributed by atoms with E-state index in [1.807, 2.05) is 6.07 Å². The number of rotatable bonds is 3. The Morgan fingerprint density at radius 1 is 1.00 bits per heavy atom. The third-order valence-electron chi connectivity index (χ3n) is 3.64. The highest BCUT2D eigenvalue weighted by atomic mass is 16.3. The first-order valence-corrected chi connectivity index (χ1v) is 6.81. The van der Waals surface area contributed by atoms with Crippen LogP contribution < -0.4 is 5.32 Å². The molecule has 1 aromatic carbocycles. The Balaban J connectivity index is 1.83. The van der Waals surface area contributed by atoms with Crippen LogP contribution in [0.5, 0.6) is 0 Å². The van der Waals surface area contributed by atoms with Gasteiger partial charge in [0.05, 0.1) is 6.10 Å². The summed E-state index contributed by atoms with van der Waals surface area (Å²) in [6.45, 7) is 0.864. The second-order valence-corrected chi connectivity index (χ2v) is 5.03. The lowest BCUT2D eigenvalue weighted by atomic mass is 9.94. The Hall–Kier alpha value is -0.860. The van der Waals surface area contributed by atoms with Crippen molar-refractivity contribution in [1.82, 2.24) is 5.32 Å². The van der Waals surface area contributed by atoms with Crippen LogP contribution in [-0.4, -0.2) is 17.3 Å². The summed E-state index contributed by atoms with van der Waals surface area (Å²) in [5.41, 5.74) is 1.29. The van der Waals surface area contributed by atoms with E-state index in [0.29, 0.717) is 0 Å². The molecule has 0 saturated heterocycles. The van der Waals surface area contributed by atoms with Gasteiger partial charge >= 0.3 is 0 Å². The van der Waals surface area contributed by atoms with Gasteiger partial charge in [-0.25, -0.2) is 0 Å². The van der Waals surface area contributed by atoms with E-state index in [4.69, 9.17) is 0 Å². The molecule has 1 aliphatic carbocycles. The molecule has 2 rings (SSSR count). The Morgan fingerprint density at radius 2 is 1.71 bits per heavy atom. The quantitative estimate of drug-likeness (QED) is 0.841. The average molecular weight is 233 g/mol. The summed E-state index contributed by atoms with van der Waals surface area (Å²) in [6, 6.07) is 10.7. The van der Waals surface area contributed by atoms with Gasteiger partial charge < -0.3 is 10.4 Å². The van der Waals surface area contributed by atoms with Crippen molar-refractivity contribution in [2.24, 2.45) is 0 Å². The van der Waals surface area contributed by atoms with Crippen molar-refractivity contribution >= 4 is 0 Å². The van der Waals surface area contributed by atoms with Crippen LogP contribution in [0.2, 0.25) is 0 Å². The zero-order valence-electron chi connectivity index (χ0n) is 10.4. The van der Waals surface area contributed by atoms with E-state index >= 15 is 0 Å². The predicted molar refractivity (Wildman–Crippen MR) is 70.8 cm³/mol. The molecule has 1 fully saturated rings. The second kappa shape index (κ2) is 6.77. The number of aliphatic hydroxyl groups excluding tert-OH is 1. The Bertz CT molecular complexity index is 312. The lowest BCUT2D eigenvalue weighted by Crippen LogP contribution is -2.40. The molecule has 2 atom stereocenters. The van der Waals surface area contributed by atoms with Gasteiger partial charge in [-0.3, -0.25) is 0 Å². The van der Waals surface area contributed by atoms with Crippen molar-refractivity contribution in [3.05, 3.63) is 35.9 Å². The molecular formula is C15H23NO. The number of hydrogen-bond donors (Lipinski definition) is 2. The molecule has 0 aromatic heterocycles. The SMILES string of the molecule is O[C@H]1CCCCCC[C@H]1NCc1ccccc1. The summed E-state index contributed by atoms with van der Waals surface area (Å²) >= 11 is 0. The van der Waals surface area contributed by atoms with Crippen LogP contribution in [-0.2, 0) is 6.54 Å². The Labute approximate surface area is 104 Å². The minimum atomic E-state index is -0.168. The third kappa shape index (κ3) is 4.14. The Kier molecular flexibility index (Phi) is 5.02. The summed E-state index contributed by atoms with van der Waals surface area (Å²) in [5, 5.41) is 13.6. The van der Waals surface area contributed by atoms with Crippen LogP contribution in [0.15, 0.2) is 30.3 Å². The smallest absolute Gasteiger partial charge is 0.0693 e. The van der Waals surface area contributed by atoms with Crippen LogP contribution in [0, 0.1) is 0 Å². The van der Waals surface area contributed by atoms with Gasteiger partial charge in [0.1, 0.15) is 0 Å². The number of benzene rings is 1. The summed E-state index contributed by atoms with van der Waals surface area (Å²) < 4.78 is 0. The van der Waals surface area contributed by atoms with E-state index in [1.165, 1.54) is 31.2 Å². The molecule has 0 heterocycles. The summed E-state index contributed by atoms with van der Waals surface area (Å²) in [7, 11) is 0. The highest BCUT2D eigenvalue weighted by Gasteiger charge is 2.19. The lowest BCUT2D eigenvalue weighted by Gasteiger charge is -2.26. The molecule has 94 valence electrons. The van der Waals surface area contributed by atoms with Crippen molar-refractivity contribution < 1.29 is 5.11 Å². The molecule has 0 unspecified atom stereocenters. The lowest BCUT2D eigenvalue weighted by molar-refractivity contribution is 0.103. The van der Waals surface area contributed by atoms with Crippen LogP contribution in [0.1, 0.15) is 44.1 Å². The van der Waals surface area contributed by atoms with E-state index < -0.39 is 0 Å². The van der Waals surface area contributed by atoms with Crippen LogP contribution in [0.25, 0.3) is 0 Å². The minimum absolute atomic E-state index is 0.168. The van der Waals surface area contributed by atoms with E-state index in [1.54, 1.807) is 0 Å². The molecular weight excluding hydrogens is 210 g/mol. The molecule has 1 aromatic rings. The molecule has 17 heavy (non-hydrogen) atoms. The number of aliphatic hydroxyl groups is 1. The fourth-order valence-corrected chi connectivity index (χ4v) is 2.55. The van der Waals surface area contributed by atoms with Crippen molar-refractivity contribution in [1.29, 1.82) is 0 Å². The fourth-order valence-electron chi connectivity index (χ4n) is 2.55. The van der Waals surface area contributed by atoms with Gasteiger partial charge in [-0.15, -0.1) is 0 Å². The topological polar surface area (TPSA) is 32.3 Å². The van der Waals surface area contributed by atoms with Gasteiger partial charge in [0, 0.05) is 12.6 Å². The molecule has 0 radical (unpaired) electrons. The maximum absolute atomic E-state index is 10.1.